The van der Waals surface area contributed by atoms with Crippen LogP contribution in [0.25, 0.3) is 0 Å². The van der Waals surface area contributed by atoms with Crippen LogP contribution in [0.4, 0.5) is 0 Å². The number of allylic oxidation sites excluding steroid dienone is 1. The molecular weight excluding hydrogens is 148 g/mol. The first-order chi connectivity index (χ1) is 5.84. The topological polar surface area (TPSA) is 20.2 Å². The SMILES string of the molecule is C#C.C=CCc1ccccc1O. The number of benzene rings is 1. The Morgan fingerprint density at radius 3 is 2.42 bits per heavy atom. The van der Waals surface area contributed by atoms with E-state index in [1.54, 1.807) is 12.1 Å². The van der Waals surface area contributed by atoms with Gasteiger partial charge in [-0.05, 0) is 18.1 Å². The van der Waals surface area contributed by atoms with Crippen molar-refractivity contribution in [3.63, 3.8) is 0 Å². The van der Waals surface area contributed by atoms with E-state index in [0.717, 1.165) is 12.0 Å². The van der Waals surface area contributed by atoms with Gasteiger partial charge in [0.15, 0.2) is 0 Å². The average molecular weight is 160 g/mol. The van der Waals surface area contributed by atoms with Gasteiger partial charge in [0.1, 0.15) is 5.75 Å². The molecule has 0 aliphatic rings. The second-order valence-electron chi connectivity index (χ2n) is 2.12. The lowest BCUT2D eigenvalue weighted by molar-refractivity contribution is 0.470. The second kappa shape index (κ2) is 6.06. The van der Waals surface area contributed by atoms with Crippen molar-refractivity contribution in [3.8, 4) is 18.6 Å². The summed E-state index contributed by atoms with van der Waals surface area (Å²) in [5.41, 5.74) is 0.928. The van der Waals surface area contributed by atoms with E-state index in [1.165, 1.54) is 0 Å². The molecule has 1 aromatic rings. The minimum Gasteiger partial charge on any atom is -0.508 e. The van der Waals surface area contributed by atoms with Crippen molar-refractivity contribution >= 4 is 0 Å². The zero-order valence-corrected chi connectivity index (χ0v) is 6.90. The minimum atomic E-state index is 0.349. The van der Waals surface area contributed by atoms with Crippen molar-refractivity contribution in [3.05, 3.63) is 42.5 Å². The van der Waals surface area contributed by atoms with Crippen LogP contribution in [0.5, 0.6) is 5.75 Å². The third-order valence-corrected chi connectivity index (χ3v) is 1.36. The summed E-state index contributed by atoms with van der Waals surface area (Å²) in [7, 11) is 0. The summed E-state index contributed by atoms with van der Waals surface area (Å²) in [5, 5.41) is 9.19. The number of terminal acetylenes is 1. The van der Waals surface area contributed by atoms with E-state index in [4.69, 9.17) is 0 Å². The van der Waals surface area contributed by atoms with Crippen LogP contribution in [-0.2, 0) is 6.42 Å². The van der Waals surface area contributed by atoms with E-state index < -0.39 is 0 Å². The number of phenolic OH excluding ortho intramolecular Hbond substituents is 1. The number of phenols is 1. The summed E-state index contributed by atoms with van der Waals surface area (Å²) in [6.45, 7) is 3.59. The predicted molar refractivity (Wildman–Crippen MR) is 51.9 cm³/mol. The molecular formula is C11H12O. The highest BCUT2D eigenvalue weighted by atomic mass is 16.3. The minimum absolute atomic E-state index is 0.349. The zero-order valence-electron chi connectivity index (χ0n) is 6.90. The van der Waals surface area contributed by atoms with Crippen LogP contribution in [0.3, 0.4) is 0 Å². The van der Waals surface area contributed by atoms with Crippen molar-refractivity contribution in [2.75, 3.05) is 0 Å². The first-order valence-electron chi connectivity index (χ1n) is 3.55. The predicted octanol–water partition coefficient (Wildman–Crippen LogP) is 2.37. The largest absolute Gasteiger partial charge is 0.508 e. The molecule has 0 atom stereocenters. The number of para-hydroxylation sites is 1. The van der Waals surface area contributed by atoms with Crippen molar-refractivity contribution in [2.24, 2.45) is 0 Å². The highest BCUT2D eigenvalue weighted by Gasteiger charge is 1.93. The molecule has 12 heavy (non-hydrogen) atoms. The molecule has 0 aromatic heterocycles. The fourth-order valence-corrected chi connectivity index (χ4v) is 0.839. The summed E-state index contributed by atoms with van der Waals surface area (Å²) >= 11 is 0. The molecule has 0 heterocycles. The Balaban J connectivity index is 0.000000561. The first-order valence-corrected chi connectivity index (χ1v) is 3.55. The van der Waals surface area contributed by atoms with Gasteiger partial charge in [-0.25, -0.2) is 0 Å². The molecule has 1 heteroatoms. The van der Waals surface area contributed by atoms with Crippen LogP contribution in [0, 0.1) is 12.8 Å². The van der Waals surface area contributed by atoms with Crippen LogP contribution in [0.2, 0.25) is 0 Å². The van der Waals surface area contributed by atoms with Gasteiger partial charge in [0.05, 0.1) is 0 Å². The molecule has 0 amide bonds. The lowest BCUT2D eigenvalue weighted by atomic mass is 10.1. The number of aromatic hydroxyl groups is 1. The van der Waals surface area contributed by atoms with Crippen molar-refractivity contribution in [2.45, 2.75) is 6.42 Å². The number of hydrogen-bond acceptors (Lipinski definition) is 1. The quantitative estimate of drug-likeness (QED) is 0.520. The van der Waals surface area contributed by atoms with Gasteiger partial charge in [0.2, 0.25) is 0 Å². The fourth-order valence-electron chi connectivity index (χ4n) is 0.839. The van der Waals surface area contributed by atoms with Crippen LogP contribution in [-0.4, -0.2) is 5.11 Å². The Bertz CT molecular complexity index is 261. The third kappa shape index (κ3) is 2.94. The highest BCUT2D eigenvalue weighted by molar-refractivity contribution is 5.32. The summed E-state index contributed by atoms with van der Waals surface area (Å²) < 4.78 is 0. The van der Waals surface area contributed by atoms with E-state index in [-0.39, 0.29) is 0 Å². The standard InChI is InChI=1S/C9H10O.C2H2/c1-2-5-8-6-3-4-7-9(8)10;1-2/h2-4,6-7,10H,1,5H2;1-2H. The molecule has 0 aliphatic carbocycles. The van der Waals surface area contributed by atoms with Gasteiger partial charge in [0.25, 0.3) is 0 Å². The molecule has 0 spiro atoms. The first kappa shape index (κ1) is 10.3. The number of hydrogen-bond donors (Lipinski definition) is 1. The lowest BCUT2D eigenvalue weighted by Crippen LogP contribution is -1.79. The molecule has 62 valence electrons. The maximum Gasteiger partial charge on any atom is 0.119 e. The molecule has 1 N–H and O–H groups in total. The van der Waals surface area contributed by atoms with Crippen LogP contribution < -0.4 is 0 Å². The summed E-state index contributed by atoms with van der Waals surface area (Å²) in [6.07, 6.45) is 10.5. The molecule has 0 saturated heterocycles. The maximum absolute atomic E-state index is 9.19. The summed E-state index contributed by atoms with van der Waals surface area (Å²) in [6, 6.07) is 7.27. The van der Waals surface area contributed by atoms with Gasteiger partial charge < -0.3 is 5.11 Å². The van der Waals surface area contributed by atoms with Gasteiger partial charge >= 0.3 is 0 Å². The van der Waals surface area contributed by atoms with Crippen LogP contribution >= 0.6 is 0 Å². The lowest BCUT2D eigenvalue weighted by Gasteiger charge is -1.97. The van der Waals surface area contributed by atoms with E-state index >= 15 is 0 Å². The van der Waals surface area contributed by atoms with Gasteiger partial charge in [-0.2, -0.15) is 0 Å². The third-order valence-electron chi connectivity index (χ3n) is 1.36. The van der Waals surface area contributed by atoms with Gasteiger partial charge in [0, 0.05) is 0 Å². The summed E-state index contributed by atoms with van der Waals surface area (Å²) in [4.78, 5) is 0. The van der Waals surface area contributed by atoms with E-state index in [0.29, 0.717) is 5.75 Å². The molecule has 0 radical (unpaired) electrons. The smallest absolute Gasteiger partial charge is 0.119 e. The molecule has 0 fully saturated rings. The highest BCUT2D eigenvalue weighted by Crippen LogP contribution is 2.15. The maximum atomic E-state index is 9.19. The summed E-state index contributed by atoms with van der Waals surface area (Å²) in [5.74, 6) is 0.349. The Hall–Kier alpha value is -1.68. The fraction of sp³-hybridized carbons (Fsp3) is 0.0909. The molecule has 0 unspecified atom stereocenters. The van der Waals surface area contributed by atoms with Crippen LogP contribution in [0.15, 0.2) is 36.9 Å². The van der Waals surface area contributed by atoms with Gasteiger partial charge in [-0.1, -0.05) is 24.3 Å². The molecule has 1 aromatic carbocycles. The Labute approximate surface area is 73.4 Å². The molecule has 1 nitrogen and oxygen atoms in total. The Kier molecular flexibility index (Phi) is 5.21. The van der Waals surface area contributed by atoms with E-state index in [9.17, 15) is 5.11 Å². The number of rotatable bonds is 2. The van der Waals surface area contributed by atoms with Crippen molar-refractivity contribution in [1.82, 2.24) is 0 Å². The molecule has 0 aliphatic heterocycles. The van der Waals surface area contributed by atoms with Crippen molar-refractivity contribution < 1.29 is 5.11 Å². The molecule has 0 bridgehead atoms. The Morgan fingerprint density at radius 1 is 1.33 bits per heavy atom. The monoisotopic (exact) mass is 160 g/mol. The Morgan fingerprint density at radius 2 is 1.92 bits per heavy atom. The second-order valence-corrected chi connectivity index (χ2v) is 2.12. The average Bonchev–Trinajstić information content (AvgIpc) is 2.13. The van der Waals surface area contributed by atoms with Crippen molar-refractivity contribution in [1.29, 1.82) is 0 Å². The van der Waals surface area contributed by atoms with Crippen LogP contribution in [0.1, 0.15) is 5.56 Å². The zero-order chi connectivity index (χ0) is 9.40. The van der Waals surface area contributed by atoms with Gasteiger partial charge in [-0.15, -0.1) is 19.4 Å². The van der Waals surface area contributed by atoms with Gasteiger partial charge in [-0.3, -0.25) is 0 Å². The normalized spacial score (nSPS) is 7.83. The molecule has 1 rings (SSSR count). The van der Waals surface area contributed by atoms with E-state index in [2.05, 4.69) is 19.4 Å². The van der Waals surface area contributed by atoms with E-state index in [1.807, 2.05) is 18.2 Å². The molecule has 0 saturated carbocycles.